The maximum Gasteiger partial charge on any atom is 0.267 e. The summed E-state index contributed by atoms with van der Waals surface area (Å²) in [5.41, 5.74) is 1.13. The standard InChI is InChI=1S/C19H18FN5O4S2/c1-31(27,28)29-14-6-7-25(11-14)17-5-2-12(8-22-17)19-23-10-15(30-19)18(26)24-13-3-4-16(20)21-9-13/h2-5,8-10,14H,6-7,11H2,1H3,(H,24,26)/t14-/m0/s1. The lowest BCUT2D eigenvalue weighted by molar-refractivity contribution is 0.103. The van der Waals surface area contributed by atoms with Gasteiger partial charge in [0.2, 0.25) is 5.95 Å². The normalized spacial score (nSPS) is 16.5. The van der Waals surface area contributed by atoms with Gasteiger partial charge < -0.3 is 10.2 Å². The summed E-state index contributed by atoms with van der Waals surface area (Å²) in [6.45, 7) is 1.09. The second kappa shape index (κ2) is 8.65. The van der Waals surface area contributed by atoms with Crippen LogP contribution >= 0.6 is 11.3 Å². The molecule has 3 aromatic rings. The number of thiazole rings is 1. The van der Waals surface area contributed by atoms with Crippen molar-refractivity contribution >= 4 is 38.9 Å². The van der Waals surface area contributed by atoms with Gasteiger partial charge in [-0.15, -0.1) is 11.3 Å². The second-order valence-corrected chi connectivity index (χ2v) is 9.55. The highest BCUT2D eigenvalue weighted by Crippen LogP contribution is 2.28. The van der Waals surface area contributed by atoms with Gasteiger partial charge in [-0.1, -0.05) is 0 Å². The Balaban J connectivity index is 1.40. The van der Waals surface area contributed by atoms with Crippen molar-refractivity contribution in [3.05, 3.63) is 53.7 Å². The van der Waals surface area contributed by atoms with Crippen molar-refractivity contribution in [3.8, 4) is 10.6 Å². The van der Waals surface area contributed by atoms with Crippen LogP contribution in [0.3, 0.4) is 0 Å². The van der Waals surface area contributed by atoms with Gasteiger partial charge in [0.25, 0.3) is 16.0 Å². The summed E-state index contributed by atoms with van der Waals surface area (Å²) in [5, 5.41) is 3.27. The van der Waals surface area contributed by atoms with Gasteiger partial charge in [0.05, 0.1) is 30.4 Å². The Morgan fingerprint density at radius 2 is 2.03 bits per heavy atom. The molecule has 3 aromatic heterocycles. The molecule has 0 unspecified atom stereocenters. The molecule has 9 nitrogen and oxygen atoms in total. The molecular formula is C19H18FN5O4S2. The molecule has 1 fully saturated rings. The fraction of sp³-hybridized carbons (Fsp3) is 0.263. The number of nitrogens with one attached hydrogen (secondary N) is 1. The summed E-state index contributed by atoms with van der Waals surface area (Å²) in [6.07, 6.45) is 5.63. The number of pyridine rings is 2. The third kappa shape index (κ3) is 5.40. The molecule has 4 rings (SSSR count). The molecule has 1 amide bonds. The van der Waals surface area contributed by atoms with Crippen LogP contribution in [0, 0.1) is 5.95 Å². The van der Waals surface area contributed by atoms with E-state index in [-0.39, 0.29) is 12.0 Å². The number of rotatable bonds is 6. The average Bonchev–Trinajstić information content (AvgIpc) is 3.39. The summed E-state index contributed by atoms with van der Waals surface area (Å²) >= 11 is 1.20. The first-order chi connectivity index (χ1) is 14.8. The molecule has 31 heavy (non-hydrogen) atoms. The van der Waals surface area contributed by atoms with Gasteiger partial charge in [0.15, 0.2) is 0 Å². The number of anilines is 2. The Bertz CT molecular complexity index is 1180. The lowest BCUT2D eigenvalue weighted by Gasteiger charge is -2.17. The number of hydrogen-bond acceptors (Lipinski definition) is 9. The molecule has 1 aliphatic rings. The van der Waals surface area contributed by atoms with E-state index < -0.39 is 16.1 Å². The van der Waals surface area contributed by atoms with Crippen LogP contribution in [0.25, 0.3) is 10.6 Å². The van der Waals surface area contributed by atoms with Gasteiger partial charge in [0, 0.05) is 24.8 Å². The van der Waals surface area contributed by atoms with E-state index in [4.69, 9.17) is 4.18 Å². The monoisotopic (exact) mass is 463 g/mol. The summed E-state index contributed by atoms with van der Waals surface area (Å²) in [5.74, 6) is -0.279. The number of carbonyl (C=O) groups is 1. The van der Waals surface area contributed by atoms with Crippen LogP contribution in [-0.2, 0) is 14.3 Å². The van der Waals surface area contributed by atoms with Crippen molar-refractivity contribution in [1.82, 2.24) is 15.0 Å². The molecule has 4 heterocycles. The maximum absolute atomic E-state index is 12.9. The molecule has 1 saturated heterocycles. The number of nitrogens with zero attached hydrogens (tertiary/aromatic N) is 4. The fourth-order valence-corrected chi connectivity index (χ4v) is 4.57. The molecule has 0 aliphatic carbocycles. The number of hydrogen-bond donors (Lipinski definition) is 1. The zero-order valence-corrected chi connectivity index (χ0v) is 18.0. The third-order valence-electron chi connectivity index (χ3n) is 4.49. The average molecular weight is 464 g/mol. The lowest BCUT2D eigenvalue weighted by atomic mass is 10.3. The minimum atomic E-state index is -3.49. The molecule has 0 bridgehead atoms. The maximum atomic E-state index is 12.9. The summed E-state index contributed by atoms with van der Waals surface area (Å²) in [4.78, 5) is 26.9. The summed E-state index contributed by atoms with van der Waals surface area (Å²) < 4.78 is 40.5. The Morgan fingerprint density at radius 1 is 1.19 bits per heavy atom. The van der Waals surface area contributed by atoms with Gasteiger partial charge in [-0.05, 0) is 30.7 Å². The molecule has 0 aromatic carbocycles. The van der Waals surface area contributed by atoms with Crippen molar-refractivity contribution in [2.24, 2.45) is 0 Å². The smallest absolute Gasteiger partial charge is 0.267 e. The van der Waals surface area contributed by atoms with Gasteiger partial charge in [-0.2, -0.15) is 12.8 Å². The van der Waals surface area contributed by atoms with Crippen molar-refractivity contribution in [1.29, 1.82) is 0 Å². The molecule has 0 spiro atoms. The third-order valence-corrected chi connectivity index (χ3v) is 6.16. The number of amides is 1. The van der Waals surface area contributed by atoms with Gasteiger partial charge in [-0.3, -0.25) is 8.98 Å². The first kappa shape index (κ1) is 21.3. The summed E-state index contributed by atoms with van der Waals surface area (Å²) in [7, 11) is -3.49. The molecule has 0 radical (unpaired) electrons. The molecular weight excluding hydrogens is 445 g/mol. The Morgan fingerprint density at radius 3 is 2.71 bits per heavy atom. The van der Waals surface area contributed by atoms with Crippen LogP contribution in [0.5, 0.6) is 0 Å². The molecule has 162 valence electrons. The van der Waals surface area contributed by atoms with Crippen LogP contribution in [-0.4, -0.2) is 54.7 Å². The number of aromatic nitrogens is 3. The topological polar surface area (TPSA) is 114 Å². The predicted molar refractivity (Wildman–Crippen MR) is 114 cm³/mol. The number of halogens is 1. The first-order valence-electron chi connectivity index (χ1n) is 9.25. The zero-order valence-electron chi connectivity index (χ0n) is 16.4. The van der Waals surface area contributed by atoms with E-state index in [1.54, 1.807) is 6.20 Å². The highest BCUT2D eigenvalue weighted by Gasteiger charge is 2.27. The van der Waals surface area contributed by atoms with Crippen molar-refractivity contribution in [3.63, 3.8) is 0 Å². The molecule has 12 heteroatoms. The first-order valence-corrected chi connectivity index (χ1v) is 11.9. The van der Waals surface area contributed by atoms with Crippen LogP contribution in [0.2, 0.25) is 0 Å². The van der Waals surface area contributed by atoms with E-state index in [2.05, 4.69) is 20.3 Å². The molecule has 0 saturated carbocycles. The van der Waals surface area contributed by atoms with E-state index in [0.29, 0.717) is 40.9 Å². The Hall–Kier alpha value is -2.96. The fourth-order valence-electron chi connectivity index (χ4n) is 3.12. The van der Waals surface area contributed by atoms with E-state index in [1.807, 2.05) is 17.0 Å². The van der Waals surface area contributed by atoms with Crippen LogP contribution < -0.4 is 10.2 Å². The van der Waals surface area contributed by atoms with Gasteiger partial charge >= 0.3 is 0 Å². The largest absolute Gasteiger partial charge is 0.354 e. The van der Waals surface area contributed by atoms with Gasteiger partial charge in [0.1, 0.15) is 15.7 Å². The predicted octanol–water partition coefficient (Wildman–Crippen LogP) is 2.55. The van der Waals surface area contributed by atoms with E-state index in [0.717, 1.165) is 17.9 Å². The highest BCUT2D eigenvalue weighted by molar-refractivity contribution is 7.86. The molecule has 1 aliphatic heterocycles. The summed E-state index contributed by atoms with van der Waals surface area (Å²) in [6, 6.07) is 6.26. The van der Waals surface area contributed by atoms with Crippen LogP contribution in [0.1, 0.15) is 16.1 Å². The van der Waals surface area contributed by atoms with E-state index in [1.165, 1.54) is 29.8 Å². The minimum Gasteiger partial charge on any atom is -0.354 e. The Labute approximate surface area is 182 Å². The zero-order chi connectivity index (χ0) is 22.0. The Kier molecular flexibility index (Phi) is 5.94. The second-order valence-electron chi connectivity index (χ2n) is 6.92. The van der Waals surface area contributed by atoms with E-state index >= 15 is 0 Å². The van der Waals surface area contributed by atoms with Crippen molar-refractivity contribution < 1.29 is 21.8 Å². The van der Waals surface area contributed by atoms with Crippen molar-refractivity contribution in [2.75, 3.05) is 29.6 Å². The van der Waals surface area contributed by atoms with Crippen LogP contribution in [0.15, 0.2) is 42.9 Å². The highest BCUT2D eigenvalue weighted by atomic mass is 32.2. The minimum absolute atomic E-state index is 0.365. The van der Waals surface area contributed by atoms with Gasteiger partial charge in [-0.25, -0.2) is 15.0 Å². The van der Waals surface area contributed by atoms with E-state index in [9.17, 15) is 17.6 Å². The molecule has 1 atom stereocenters. The number of carbonyl (C=O) groups excluding carboxylic acids is 1. The quantitative estimate of drug-likeness (QED) is 0.438. The SMILES string of the molecule is CS(=O)(=O)O[C@H]1CCN(c2ccc(-c3ncc(C(=O)Nc4ccc(F)nc4)s3)cn2)C1. The molecule has 1 N–H and O–H groups in total. The van der Waals surface area contributed by atoms with Crippen LogP contribution in [0.4, 0.5) is 15.9 Å². The lowest BCUT2D eigenvalue weighted by Crippen LogP contribution is -2.25. The van der Waals surface area contributed by atoms with Crippen molar-refractivity contribution in [2.45, 2.75) is 12.5 Å².